The second-order valence-corrected chi connectivity index (χ2v) is 5.01. The van der Waals surface area contributed by atoms with E-state index < -0.39 is 0 Å². The first kappa shape index (κ1) is 13.9. The number of carbonyl (C=O) groups excluding carboxylic acids is 1. The minimum absolute atomic E-state index is 0.0558. The first-order chi connectivity index (χ1) is 8.15. The van der Waals surface area contributed by atoms with Crippen LogP contribution in [0.1, 0.15) is 23.7 Å². The minimum Gasteiger partial charge on any atom is -0.394 e. The van der Waals surface area contributed by atoms with Crippen molar-refractivity contribution < 1.29 is 9.90 Å². The van der Waals surface area contributed by atoms with E-state index in [-0.39, 0.29) is 18.7 Å². The van der Waals surface area contributed by atoms with Crippen LogP contribution in [0.4, 0.5) is 4.79 Å². The number of hydrogen-bond acceptors (Lipinski definition) is 4. The Bertz CT molecular complexity index is 354. The predicted octanol–water partition coefficient (Wildman–Crippen LogP) is 0.928. The topological polar surface area (TPSA) is 74.2 Å². The Hall–Kier alpha value is -1.14. The second-order valence-electron chi connectivity index (χ2n) is 3.81. The van der Waals surface area contributed by atoms with E-state index in [0.717, 1.165) is 17.8 Å². The maximum absolute atomic E-state index is 11.3. The van der Waals surface area contributed by atoms with Gasteiger partial charge in [-0.15, -0.1) is 11.3 Å². The van der Waals surface area contributed by atoms with Gasteiger partial charge >= 0.3 is 6.03 Å². The van der Waals surface area contributed by atoms with E-state index in [0.29, 0.717) is 6.54 Å². The fourth-order valence-corrected chi connectivity index (χ4v) is 2.09. The molecular formula is C11H19N3O2S. The summed E-state index contributed by atoms with van der Waals surface area (Å²) >= 11 is 1.68. The van der Waals surface area contributed by atoms with E-state index in [2.05, 4.69) is 22.5 Å². The molecule has 96 valence electrons. The molecule has 0 saturated heterocycles. The van der Waals surface area contributed by atoms with Crippen molar-refractivity contribution in [2.24, 2.45) is 0 Å². The number of amides is 2. The molecule has 1 aromatic rings. The molecule has 6 heteroatoms. The highest BCUT2D eigenvalue weighted by atomic mass is 32.1. The standard InChI is InChI=1S/C11H19N3O2S/c1-3-9-6-13-10(17-9)4-5-12-11(16)14-8(2)7-15/h6,8,15H,3-5,7H2,1-2H3,(H2,12,14,16)/t8-/m1/s1. The lowest BCUT2D eigenvalue weighted by Crippen LogP contribution is -2.42. The highest BCUT2D eigenvalue weighted by Gasteiger charge is 2.05. The van der Waals surface area contributed by atoms with Crippen LogP contribution in [0, 0.1) is 0 Å². The van der Waals surface area contributed by atoms with Gasteiger partial charge in [0.15, 0.2) is 0 Å². The van der Waals surface area contributed by atoms with Gasteiger partial charge in [0.05, 0.1) is 17.7 Å². The molecule has 1 atom stereocenters. The molecule has 0 spiro atoms. The summed E-state index contributed by atoms with van der Waals surface area (Å²) in [5.41, 5.74) is 0. The smallest absolute Gasteiger partial charge is 0.315 e. The molecule has 17 heavy (non-hydrogen) atoms. The Kier molecular flexibility index (Phi) is 5.93. The average molecular weight is 257 g/mol. The molecule has 2 amide bonds. The molecular weight excluding hydrogens is 238 g/mol. The van der Waals surface area contributed by atoms with Crippen LogP contribution in [0.25, 0.3) is 0 Å². The van der Waals surface area contributed by atoms with Crippen molar-refractivity contribution in [1.82, 2.24) is 15.6 Å². The molecule has 5 nitrogen and oxygen atoms in total. The van der Waals surface area contributed by atoms with Crippen LogP contribution < -0.4 is 10.6 Å². The van der Waals surface area contributed by atoms with Crippen LogP contribution in [0.15, 0.2) is 6.20 Å². The van der Waals surface area contributed by atoms with Crippen molar-refractivity contribution in [3.63, 3.8) is 0 Å². The van der Waals surface area contributed by atoms with E-state index in [1.165, 1.54) is 4.88 Å². The summed E-state index contributed by atoms with van der Waals surface area (Å²) in [6.45, 7) is 4.34. The van der Waals surface area contributed by atoms with E-state index in [4.69, 9.17) is 5.11 Å². The third kappa shape index (κ3) is 5.14. The molecule has 0 aliphatic carbocycles. The summed E-state index contributed by atoms with van der Waals surface area (Å²) in [6.07, 6.45) is 3.62. The lowest BCUT2D eigenvalue weighted by atomic mass is 10.4. The minimum atomic E-state index is -0.251. The Morgan fingerprint density at radius 1 is 1.65 bits per heavy atom. The van der Waals surface area contributed by atoms with Crippen LogP contribution in [-0.2, 0) is 12.8 Å². The van der Waals surface area contributed by atoms with Gasteiger partial charge in [-0.2, -0.15) is 0 Å². The number of aryl methyl sites for hydroxylation is 1. The Balaban J connectivity index is 2.21. The monoisotopic (exact) mass is 257 g/mol. The van der Waals surface area contributed by atoms with Crippen LogP contribution in [0.5, 0.6) is 0 Å². The number of urea groups is 1. The van der Waals surface area contributed by atoms with Crippen molar-refractivity contribution in [3.8, 4) is 0 Å². The van der Waals surface area contributed by atoms with Crippen molar-refractivity contribution >= 4 is 17.4 Å². The van der Waals surface area contributed by atoms with Crippen LogP contribution >= 0.6 is 11.3 Å². The maximum atomic E-state index is 11.3. The number of aliphatic hydroxyl groups excluding tert-OH is 1. The number of carbonyl (C=O) groups is 1. The number of nitrogens with one attached hydrogen (secondary N) is 2. The van der Waals surface area contributed by atoms with Crippen molar-refractivity contribution in [2.45, 2.75) is 32.7 Å². The molecule has 0 radical (unpaired) electrons. The van der Waals surface area contributed by atoms with Crippen molar-refractivity contribution in [3.05, 3.63) is 16.1 Å². The van der Waals surface area contributed by atoms with Crippen molar-refractivity contribution in [2.75, 3.05) is 13.2 Å². The zero-order valence-electron chi connectivity index (χ0n) is 10.2. The van der Waals surface area contributed by atoms with E-state index >= 15 is 0 Å². The molecule has 0 aliphatic heterocycles. The average Bonchev–Trinajstić information content (AvgIpc) is 2.76. The number of aliphatic hydroxyl groups is 1. The molecule has 0 bridgehead atoms. The maximum Gasteiger partial charge on any atom is 0.315 e. The van der Waals surface area contributed by atoms with Gasteiger partial charge in [0.25, 0.3) is 0 Å². The van der Waals surface area contributed by atoms with Gasteiger partial charge in [-0.25, -0.2) is 9.78 Å². The first-order valence-corrected chi connectivity index (χ1v) is 6.56. The number of nitrogens with zero attached hydrogens (tertiary/aromatic N) is 1. The summed E-state index contributed by atoms with van der Waals surface area (Å²) < 4.78 is 0. The third-order valence-corrected chi connectivity index (χ3v) is 3.43. The second kappa shape index (κ2) is 7.24. The molecule has 0 fully saturated rings. The highest BCUT2D eigenvalue weighted by molar-refractivity contribution is 7.11. The molecule has 1 rings (SSSR count). The van der Waals surface area contributed by atoms with Gasteiger partial charge in [-0.1, -0.05) is 6.92 Å². The summed E-state index contributed by atoms with van der Waals surface area (Å²) in [4.78, 5) is 16.8. The van der Waals surface area contributed by atoms with E-state index in [9.17, 15) is 4.79 Å². The normalized spacial score (nSPS) is 12.2. The van der Waals surface area contributed by atoms with Gasteiger partial charge in [-0.3, -0.25) is 0 Å². The SMILES string of the molecule is CCc1cnc(CCNC(=O)N[C@H](C)CO)s1. The quantitative estimate of drug-likeness (QED) is 0.709. The zero-order valence-corrected chi connectivity index (χ0v) is 11.0. The molecule has 0 unspecified atom stereocenters. The number of hydrogen-bond donors (Lipinski definition) is 3. The molecule has 1 heterocycles. The zero-order chi connectivity index (χ0) is 12.7. The lowest BCUT2D eigenvalue weighted by Gasteiger charge is -2.11. The molecule has 0 aliphatic rings. The summed E-state index contributed by atoms with van der Waals surface area (Å²) in [5, 5.41) is 15.1. The van der Waals surface area contributed by atoms with Gasteiger partial charge in [0.2, 0.25) is 0 Å². The number of aromatic nitrogens is 1. The molecule has 1 aromatic heterocycles. The Morgan fingerprint density at radius 2 is 2.41 bits per heavy atom. The van der Waals surface area contributed by atoms with Crippen LogP contribution in [0.3, 0.4) is 0 Å². The fourth-order valence-electron chi connectivity index (χ4n) is 1.23. The number of thiazole rings is 1. The summed E-state index contributed by atoms with van der Waals surface area (Å²) in [6, 6.07) is -0.472. The molecule has 0 aromatic carbocycles. The van der Waals surface area contributed by atoms with Gasteiger partial charge in [0, 0.05) is 24.0 Å². The third-order valence-electron chi connectivity index (χ3n) is 2.23. The first-order valence-electron chi connectivity index (χ1n) is 5.74. The van der Waals surface area contributed by atoms with E-state index in [1.54, 1.807) is 18.3 Å². The Labute approximate surface area is 105 Å². The van der Waals surface area contributed by atoms with Crippen molar-refractivity contribution in [1.29, 1.82) is 0 Å². The summed E-state index contributed by atoms with van der Waals surface area (Å²) in [5.74, 6) is 0. The lowest BCUT2D eigenvalue weighted by molar-refractivity contribution is 0.220. The summed E-state index contributed by atoms with van der Waals surface area (Å²) in [7, 11) is 0. The van der Waals surface area contributed by atoms with Crippen LogP contribution in [-0.4, -0.2) is 35.3 Å². The fraction of sp³-hybridized carbons (Fsp3) is 0.636. The van der Waals surface area contributed by atoms with Gasteiger partial charge in [-0.05, 0) is 13.3 Å². The Morgan fingerprint density at radius 3 is 3.00 bits per heavy atom. The largest absolute Gasteiger partial charge is 0.394 e. The molecule has 0 saturated carbocycles. The van der Waals surface area contributed by atoms with Gasteiger partial charge < -0.3 is 15.7 Å². The number of rotatable bonds is 6. The van der Waals surface area contributed by atoms with E-state index in [1.807, 2.05) is 6.20 Å². The van der Waals surface area contributed by atoms with Crippen LogP contribution in [0.2, 0.25) is 0 Å². The predicted molar refractivity (Wildman–Crippen MR) is 68.3 cm³/mol. The highest BCUT2D eigenvalue weighted by Crippen LogP contribution is 2.13. The molecule has 3 N–H and O–H groups in total. The van der Waals surface area contributed by atoms with Gasteiger partial charge in [0.1, 0.15) is 0 Å².